The molecule has 0 saturated carbocycles. The van der Waals surface area contributed by atoms with Crippen LogP contribution >= 0.6 is 0 Å². The van der Waals surface area contributed by atoms with Gasteiger partial charge in [0.05, 0.1) is 5.56 Å². The van der Waals surface area contributed by atoms with E-state index in [1.165, 1.54) is 25.3 Å². The molecule has 3 aromatic rings. The van der Waals surface area contributed by atoms with E-state index in [0.29, 0.717) is 17.0 Å². The number of esters is 1. The van der Waals surface area contributed by atoms with Gasteiger partial charge < -0.3 is 14.8 Å². The molecule has 0 saturated heterocycles. The van der Waals surface area contributed by atoms with Crippen molar-refractivity contribution in [3.63, 3.8) is 0 Å². The second-order valence-electron chi connectivity index (χ2n) is 6.50. The first-order chi connectivity index (χ1) is 14.6. The maximum atomic E-state index is 12.6. The number of carbonyl (C=O) groups is 2. The second-order valence-corrected chi connectivity index (χ2v) is 6.50. The number of ether oxygens (including phenoxy) is 2. The van der Waals surface area contributed by atoms with Crippen molar-refractivity contribution in [2.24, 2.45) is 0 Å². The van der Waals surface area contributed by atoms with Crippen LogP contribution in [0.25, 0.3) is 0 Å². The summed E-state index contributed by atoms with van der Waals surface area (Å²) in [6.45, 7) is 2.91. The van der Waals surface area contributed by atoms with E-state index in [0.717, 1.165) is 12.1 Å². The molecule has 3 rings (SSSR count). The average molecular weight is 430 g/mol. The Bertz CT molecular complexity index is 1100. The van der Waals surface area contributed by atoms with E-state index in [2.05, 4.69) is 10.3 Å². The summed E-state index contributed by atoms with van der Waals surface area (Å²) in [7, 11) is 0. The minimum Gasteiger partial charge on any atom is -0.457 e. The molecule has 160 valence electrons. The van der Waals surface area contributed by atoms with Gasteiger partial charge in [0.25, 0.3) is 5.91 Å². The summed E-state index contributed by atoms with van der Waals surface area (Å²) in [4.78, 5) is 27.9. The smallest absolute Gasteiger partial charge is 0.416 e. The van der Waals surface area contributed by atoms with E-state index in [-0.39, 0.29) is 17.2 Å². The SMILES string of the molecule is CC(=O)Oc1c(C)ccnc1C(=O)Nc1ccc(Oc2ccc(C(F)(F)F)cc2)cc1. The summed E-state index contributed by atoms with van der Waals surface area (Å²) in [5, 5.41) is 2.64. The molecule has 0 atom stereocenters. The van der Waals surface area contributed by atoms with Crippen molar-refractivity contribution in [2.45, 2.75) is 20.0 Å². The van der Waals surface area contributed by atoms with Crippen molar-refractivity contribution < 1.29 is 32.2 Å². The number of halogens is 3. The van der Waals surface area contributed by atoms with Gasteiger partial charge in [0.15, 0.2) is 11.4 Å². The number of pyridine rings is 1. The van der Waals surface area contributed by atoms with Gasteiger partial charge in [-0.2, -0.15) is 13.2 Å². The quantitative estimate of drug-likeness (QED) is 0.550. The molecule has 1 N–H and O–H groups in total. The van der Waals surface area contributed by atoms with Gasteiger partial charge in [0.2, 0.25) is 0 Å². The van der Waals surface area contributed by atoms with Gasteiger partial charge >= 0.3 is 12.1 Å². The topological polar surface area (TPSA) is 77.5 Å². The Hall–Kier alpha value is -3.88. The van der Waals surface area contributed by atoms with Crippen LogP contribution in [0.15, 0.2) is 60.8 Å². The van der Waals surface area contributed by atoms with Crippen LogP contribution in [-0.2, 0) is 11.0 Å². The van der Waals surface area contributed by atoms with Crippen LogP contribution in [0.5, 0.6) is 17.2 Å². The van der Waals surface area contributed by atoms with E-state index in [1.54, 1.807) is 37.3 Å². The lowest BCUT2D eigenvalue weighted by atomic mass is 10.2. The Balaban J connectivity index is 1.69. The van der Waals surface area contributed by atoms with E-state index in [1.807, 2.05) is 0 Å². The van der Waals surface area contributed by atoms with Gasteiger partial charge in [-0.25, -0.2) is 4.98 Å². The zero-order chi connectivity index (χ0) is 22.6. The van der Waals surface area contributed by atoms with Gasteiger partial charge in [0.1, 0.15) is 11.5 Å². The highest BCUT2D eigenvalue weighted by atomic mass is 19.4. The minimum atomic E-state index is -4.42. The number of hydrogen-bond acceptors (Lipinski definition) is 5. The lowest BCUT2D eigenvalue weighted by Gasteiger charge is -2.12. The third-order valence-corrected chi connectivity index (χ3v) is 4.09. The van der Waals surface area contributed by atoms with Crippen molar-refractivity contribution >= 4 is 17.6 Å². The van der Waals surface area contributed by atoms with Crippen molar-refractivity contribution in [2.75, 3.05) is 5.32 Å². The van der Waals surface area contributed by atoms with Crippen LogP contribution in [-0.4, -0.2) is 16.9 Å². The van der Waals surface area contributed by atoms with Gasteiger partial charge in [-0.05, 0) is 67.1 Å². The van der Waals surface area contributed by atoms with Crippen LogP contribution in [0.1, 0.15) is 28.5 Å². The number of carbonyl (C=O) groups excluding carboxylic acids is 2. The first-order valence-electron chi connectivity index (χ1n) is 9.04. The largest absolute Gasteiger partial charge is 0.457 e. The Morgan fingerprint density at radius 2 is 1.52 bits per heavy atom. The Morgan fingerprint density at radius 3 is 2.06 bits per heavy atom. The van der Waals surface area contributed by atoms with Gasteiger partial charge in [-0.3, -0.25) is 9.59 Å². The number of alkyl halides is 3. The number of hydrogen-bond donors (Lipinski definition) is 1. The molecule has 1 heterocycles. The van der Waals surface area contributed by atoms with Crippen LogP contribution in [0.3, 0.4) is 0 Å². The number of benzene rings is 2. The van der Waals surface area contributed by atoms with Crippen molar-refractivity contribution in [1.82, 2.24) is 4.98 Å². The fourth-order valence-corrected chi connectivity index (χ4v) is 2.62. The van der Waals surface area contributed by atoms with Gasteiger partial charge in [-0.15, -0.1) is 0 Å². The summed E-state index contributed by atoms with van der Waals surface area (Å²) < 4.78 is 48.5. The van der Waals surface area contributed by atoms with E-state index < -0.39 is 23.6 Å². The van der Waals surface area contributed by atoms with Crippen LogP contribution in [0.2, 0.25) is 0 Å². The summed E-state index contributed by atoms with van der Waals surface area (Å²) >= 11 is 0. The molecule has 1 amide bonds. The van der Waals surface area contributed by atoms with Crippen molar-refractivity contribution in [1.29, 1.82) is 0 Å². The third kappa shape index (κ3) is 5.59. The van der Waals surface area contributed by atoms with Gasteiger partial charge in [-0.1, -0.05) is 0 Å². The zero-order valence-electron chi connectivity index (χ0n) is 16.5. The number of anilines is 1. The average Bonchev–Trinajstić information content (AvgIpc) is 2.70. The zero-order valence-corrected chi connectivity index (χ0v) is 16.5. The standard InChI is InChI=1S/C22H17F3N2O4/c1-13-11-12-26-19(20(13)30-14(2)28)21(29)27-16-5-9-18(10-6-16)31-17-7-3-15(4-8-17)22(23,24)25/h3-12H,1-2H3,(H,27,29). The summed E-state index contributed by atoms with van der Waals surface area (Å²) in [6.07, 6.45) is -2.99. The molecule has 0 aliphatic rings. The van der Waals surface area contributed by atoms with Crippen LogP contribution < -0.4 is 14.8 Å². The second kappa shape index (κ2) is 8.86. The predicted molar refractivity (Wildman–Crippen MR) is 106 cm³/mol. The monoisotopic (exact) mass is 430 g/mol. The molecule has 6 nitrogen and oxygen atoms in total. The molecular weight excluding hydrogens is 413 g/mol. The Labute approximate surface area is 175 Å². The number of aromatic nitrogens is 1. The maximum Gasteiger partial charge on any atom is 0.416 e. The molecule has 2 aromatic carbocycles. The van der Waals surface area contributed by atoms with Crippen molar-refractivity contribution in [3.05, 3.63) is 77.6 Å². The summed E-state index contributed by atoms with van der Waals surface area (Å²) in [5.74, 6) is -0.465. The minimum absolute atomic E-state index is 0.0414. The molecule has 1 aromatic heterocycles. The lowest BCUT2D eigenvalue weighted by molar-refractivity contribution is -0.137. The summed E-state index contributed by atoms with van der Waals surface area (Å²) in [5.41, 5.74) is 0.188. The van der Waals surface area contributed by atoms with E-state index >= 15 is 0 Å². The Kier molecular flexibility index (Phi) is 6.24. The molecule has 9 heteroatoms. The third-order valence-electron chi connectivity index (χ3n) is 4.09. The highest BCUT2D eigenvalue weighted by Crippen LogP contribution is 2.31. The molecule has 31 heavy (non-hydrogen) atoms. The van der Waals surface area contributed by atoms with E-state index in [9.17, 15) is 22.8 Å². The number of rotatable bonds is 5. The van der Waals surface area contributed by atoms with Crippen molar-refractivity contribution in [3.8, 4) is 17.2 Å². The van der Waals surface area contributed by atoms with Crippen LogP contribution in [0.4, 0.5) is 18.9 Å². The van der Waals surface area contributed by atoms with E-state index in [4.69, 9.17) is 9.47 Å². The molecule has 0 aliphatic carbocycles. The first-order valence-corrected chi connectivity index (χ1v) is 9.04. The Morgan fingerprint density at radius 1 is 0.935 bits per heavy atom. The molecule has 0 aliphatic heterocycles. The maximum absolute atomic E-state index is 12.6. The molecule has 0 fully saturated rings. The molecule has 0 radical (unpaired) electrons. The fourth-order valence-electron chi connectivity index (χ4n) is 2.62. The highest BCUT2D eigenvalue weighted by Gasteiger charge is 2.30. The number of aryl methyl sites for hydroxylation is 1. The first kappa shape index (κ1) is 21.8. The molecule has 0 unspecified atom stereocenters. The summed E-state index contributed by atoms with van der Waals surface area (Å²) in [6, 6.07) is 12.1. The van der Waals surface area contributed by atoms with Gasteiger partial charge in [0, 0.05) is 18.8 Å². The highest BCUT2D eigenvalue weighted by molar-refractivity contribution is 6.05. The lowest BCUT2D eigenvalue weighted by Crippen LogP contribution is -2.17. The predicted octanol–water partition coefficient (Wildman–Crippen LogP) is 5.38. The fraction of sp³-hybridized carbons (Fsp3) is 0.136. The van der Waals surface area contributed by atoms with Crippen LogP contribution in [0, 0.1) is 6.92 Å². The molecule has 0 bridgehead atoms. The number of nitrogens with one attached hydrogen (secondary N) is 1. The number of amides is 1. The molecule has 0 spiro atoms. The number of nitrogens with zero attached hydrogens (tertiary/aromatic N) is 1. The normalized spacial score (nSPS) is 11.0. The molecular formula is C22H17F3N2O4.